The third-order valence-electron chi connectivity index (χ3n) is 4.18. The van der Waals surface area contributed by atoms with Crippen LogP contribution in [-0.4, -0.2) is 21.5 Å². The van der Waals surface area contributed by atoms with Crippen LogP contribution >= 0.6 is 11.8 Å². The number of carbonyl (C=O) groups excluding carboxylic acids is 1. The first-order valence-corrected chi connectivity index (χ1v) is 9.53. The zero-order valence-electron chi connectivity index (χ0n) is 14.3. The van der Waals surface area contributed by atoms with Gasteiger partial charge in [0.1, 0.15) is 11.3 Å². The Labute approximate surface area is 159 Å². The van der Waals surface area contributed by atoms with E-state index >= 15 is 0 Å². The predicted octanol–water partition coefficient (Wildman–Crippen LogP) is 3.24. The summed E-state index contributed by atoms with van der Waals surface area (Å²) < 4.78 is 18.4. The highest BCUT2D eigenvalue weighted by atomic mass is 32.2. The standard InChI is InChI=1S/C19H17FN4O2S/c20-14-8-6-12(7-9-14)15-10-16(25)22-19(21-15)27-11-17-23-18(24-26-17)13-4-2-1-3-5-13/h1-9,15,19,21H,10-11H2,(H,22,25). The van der Waals surface area contributed by atoms with Gasteiger partial charge in [-0.2, -0.15) is 4.98 Å². The Morgan fingerprint density at radius 3 is 2.70 bits per heavy atom. The van der Waals surface area contributed by atoms with Crippen LogP contribution in [0.4, 0.5) is 4.39 Å². The van der Waals surface area contributed by atoms with Crippen molar-refractivity contribution in [2.24, 2.45) is 0 Å². The lowest BCUT2D eigenvalue weighted by molar-refractivity contribution is -0.123. The molecule has 1 aliphatic rings. The van der Waals surface area contributed by atoms with Crippen LogP contribution in [-0.2, 0) is 10.5 Å². The molecule has 138 valence electrons. The highest BCUT2D eigenvalue weighted by molar-refractivity contribution is 7.99. The second-order valence-electron chi connectivity index (χ2n) is 6.11. The van der Waals surface area contributed by atoms with Crippen molar-refractivity contribution in [2.45, 2.75) is 23.7 Å². The molecule has 0 bridgehead atoms. The minimum absolute atomic E-state index is 0.0592. The summed E-state index contributed by atoms with van der Waals surface area (Å²) in [5.41, 5.74) is 1.47. The molecule has 0 spiro atoms. The summed E-state index contributed by atoms with van der Waals surface area (Å²) in [5.74, 6) is 1.12. The van der Waals surface area contributed by atoms with Crippen molar-refractivity contribution in [1.82, 2.24) is 20.8 Å². The van der Waals surface area contributed by atoms with Gasteiger partial charge in [-0.1, -0.05) is 47.6 Å². The summed E-state index contributed by atoms with van der Waals surface area (Å²) in [7, 11) is 0. The molecule has 1 aliphatic heterocycles. The zero-order chi connectivity index (χ0) is 18.6. The lowest BCUT2D eigenvalue weighted by atomic mass is 10.0. The number of amides is 1. The second-order valence-corrected chi connectivity index (χ2v) is 7.20. The van der Waals surface area contributed by atoms with Gasteiger partial charge < -0.3 is 9.84 Å². The van der Waals surface area contributed by atoms with E-state index in [4.69, 9.17) is 4.52 Å². The average Bonchev–Trinajstić information content (AvgIpc) is 3.16. The molecule has 4 rings (SSSR count). The van der Waals surface area contributed by atoms with Crippen LogP contribution < -0.4 is 10.6 Å². The van der Waals surface area contributed by atoms with Crippen LogP contribution in [0.25, 0.3) is 11.4 Å². The molecule has 6 nitrogen and oxygen atoms in total. The molecule has 2 unspecified atom stereocenters. The Bertz CT molecular complexity index is 917. The van der Waals surface area contributed by atoms with Crippen LogP contribution in [0.1, 0.15) is 23.9 Å². The maximum absolute atomic E-state index is 13.1. The number of nitrogens with zero attached hydrogens (tertiary/aromatic N) is 2. The molecule has 1 aromatic heterocycles. The quantitative estimate of drug-likeness (QED) is 0.703. The van der Waals surface area contributed by atoms with Crippen LogP contribution in [0.5, 0.6) is 0 Å². The van der Waals surface area contributed by atoms with Gasteiger partial charge in [-0.3, -0.25) is 10.1 Å². The summed E-state index contributed by atoms with van der Waals surface area (Å²) in [6, 6.07) is 15.6. The van der Waals surface area contributed by atoms with E-state index in [1.54, 1.807) is 12.1 Å². The van der Waals surface area contributed by atoms with E-state index in [-0.39, 0.29) is 23.3 Å². The third kappa shape index (κ3) is 4.35. The topological polar surface area (TPSA) is 80.1 Å². The predicted molar refractivity (Wildman–Crippen MR) is 99.9 cm³/mol. The fraction of sp³-hybridized carbons (Fsp3) is 0.211. The Kier molecular flexibility index (Phi) is 5.17. The molecule has 2 aromatic carbocycles. The Morgan fingerprint density at radius 1 is 1.15 bits per heavy atom. The van der Waals surface area contributed by atoms with Crippen LogP contribution in [0.2, 0.25) is 0 Å². The average molecular weight is 384 g/mol. The van der Waals surface area contributed by atoms with Gasteiger partial charge in [0.15, 0.2) is 0 Å². The van der Waals surface area contributed by atoms with E-state index in [1.807, 2.05) is 30.3 Å². The molecule has 8 heteroatoms. The molecule has 1 saturated heterocycles. The number of carbonyl (C=O) groups is 1. The summed E-state index contributed by atoms with van der Waals surface area (Å²) in [6.07, 6.45) is 0.307. The number of thioether (sulfide) groups is 1. The van der Waals surface area contributed by atoms with Crippen molar-refractivity contribution in [1.29, 1.82) is 0 Å². The molecule has 0 saturated carbocycles. The summed E-state index contributed by atoms with van der Waals surface area (Å²) in [4.78, 5) is 16.4. The van der Waals surface area contributed by atoms with Crippen molar-refractivity contribution in [3.05, 3.63) is 71.9 Å². The highest BCUT2D eigenvalue weighted by Gasteiger charge is 2.27. The van der Waals surface area contributed by atoms with E-state index in [0.717, 1.165) is 11.1 Å². The summed E-state index contributed by atoms with van der Waals surface area (Å²) in [6.45, 7) is 0. The molecule has 1 amide bonds. The molecule has 3 aromatic rings. The fourth-order valence-electron chi connectivity index (χ4n) is 2.85. The number of hydrogen-bond donors (Lipinski definition) is 2. The number of rotatable bonds is 5. The lowest BCUT2D eigenvalue weighted by Gasteiger charge is -2.31. The molecular weight excluding hydrogens is 367 g/mol. The number of nitrogens with one attached hydrogen (secondary N) is 2. The van der Waals surface area contributed by atoms with Gasteiger partial charge >= 0.3 is 0 Å². The number of benzene rings is 2. The normalized spacial score (nSPS) is 19.7. The minimum Gasteiger partial charge on any atom is -0.338 e. The lowest BCUT2D eigenvalue weighted by Crippen LogP contribution is -2.50. The zero-order valence-corrected chi connectivity index (χ0v) is 15.1. The summed E-state index contributed by atoms with van der Waals surface area (Å²) >= 11 is 1.45. The first kappa shape index (κ1) is 17.7. The maximum Gasteiger partial charge on any atom is 0.237 e. The van der Waals surface area contributed by atoms with Crippen molar-refractivity contribution in [3.63, 3.8) is 0 Å². The molecule has 0 aliphatic carbocycles. The molecule has 0 radical (unpaired) electrons. The van der Waals surface area contributed by atoms with Gasteiger partial charge in [0.2, 0.25) is 17.6 Å². The van der Waals surface area contributed by atoms with Crippen molar-refractivity contribution < 1.29 is 13.7 Å². The van der Waals surface area contributed by atoms with Crippen molar-refractivity contribution in [2.75, 3.05) is 0 Å². The van der Waals surface area contributed by atoms with Gasteiger partial charge in [0, 0.05) is 18.0 Å². The van der Waals surface area contributed by atoms with Gasteiger partial charge in [-0.05, 0) is 17.7 Å². The first-order chi connectivity index (χ1) is 13.2. The monoisotopic (exact) mass is 384 g/mol. The van der Waals surface area contributed by atoms with Crippen molar-refractivity contribution >= 4 is 17.7 Å². The number of hydrogen-bond acceptors (Lipinski definition) is 6. The van der Waals surface area contributed by atoms with Gasteiger partial charge in [-0.15, -0.1) is 11.8 Å². The fourth-order valence-corrected chi connectivity index (χ4v) is 3.75. The van der Waals surface area contributed by atoms with E-state index in [1.165, 1.54) is 23.9 Å². The highest BCUT2D eigenvalue weighted by Crippen LogP contribution is 2.25. The van der Waals surface area contributed by atoms with E-state index < -0.39 is 0 Å². The smallest absolute Gasteiger partial charge is 0.237 e. The number of aromatic nitrogens is 2. The molecule has 2 atom stereocenters. The van der Waals surface area contributed by atoms with Crippen LogP contribution in [0.15, 0.2) is 59.1 Å². The largest absolute Gasteiger partial charge is 0.338 e. The van der Waals surface area contributed by atoms with Crippen molar-refractivity contribution in [3.8, 4) is 11.4 Å². The number of halogens is 1. The Hall–Kier alpha value is -2.71. The van der Waals surface area contributed by atoms with E-state index in [9.17, 15) is 9.18 Å². The Morgan fingerprint density at radius 2 is 1.93 bits per heavy atom. The second kappa shape index (κ2) is 7.89. The van der Waals surface area contributed by atoms with E-state index in [0.29, 0.717) is 23.9 Å². The SMILES string of the molecule is O=C1CC(c2ccc(F)cc2)NC(SCc2nc(-c3ccccc3)no2)N1. The van der Waals surface area contributed by atoms with Crippen LogP contribution in [0, 0.1) is 5.82 Å². The molecule has 2 heterocycles. The van der Waals surface area contributed by atoms with Crippen LogP contribution in [0.3, 0.4) is 0 Å². The van der Waals surface area contributed by atoms with Gasteiger partial charge in [0.25, 0.3) is 0 Å². The minimum atomic E-state index is -0.298. The molecular formula is C19H17FN4O2S. The summed E-state index contributed by atoms with van der Waals surface area (Å²) in [5, 5.41) is 10.2. The molecule has 1 fully saturated rings. The molecule has 27 heavy (non-hydrogen) atoms. The maximum atomic E-state index is 13.1. The van der Waals surface area contributed by atoms with Gasteiger partial charge in [0.05, 0.1) is 5.75 Å². The van der Waals surface area contributed by atoms with E-state index in [2.05, 4.69) is 20.8 Å². The third-order valence-corrected chi connectivity index (χ3v) is 5.18. The van der Waals surface area contributed by atoms with Gasteiger partial charge in [-0.25, -0.2) is 4.39 Å². The Balaban J connectivity index is 1.38. The molecule has 2 N–H and O–H groups in total. The first-order valence-electron chi connectivity index (χ1n) is 8.48.